The molecule has 0 bridgehead atoms. The topological polar surface area (TPSA) is 55.1 Å². The Hall–Kier alpha value is -1.00. The standard InChI is InChI=1S/C14H22N2OS/c1-3-8-16-11(2)12-5-4-6-13(10-12)18-9-7-14(15)17/h4-6,10-11,16H,3,7-9H2,1-2H3,(H2,15,17). The Balaban J connectivity index is 2.53. The van der Waals surface area contributed by atoms with Gasteiger partial charge in [-0.2, -0.15) is 0 Å². The van der Waals surface area contributed by atoms with Gasteiger partial charge in [-0.25, -0.2) is 0 Å². The molecular formula is C14H22N2OS. The number of benzene rings is 1. The van der Waals surface area contributed by atoms with Crippen LogP contribution in [0.5, 0.6) is 0 Å². The summed E-state index contributed by atoms with van der Waals surface area (Å²) in [5.41, 5.74) is 6.41. The lowest BCUT2D eigenvalue weighted by atomic mass is 10.1. The number of carbonyl (C=O) groups is 1. The van der Waals surface area contributed by atoms with Crippen LogP contribution in [0.25, 0.3) is 0 Å². The Morgan fingerprint density at radius 2 is 2.28 bits per heavy atom. The van der Waals surface area contributed by atoms with Gasteiger partial charge in [0, 0.05) is 23.1 Å². The van der Waals surface area contributed by atoms with Gasteiger partial charge < -0.3 is 11.1 Å². The van der Waals surface area contributed by atoms with E-state index in [2.05, 4.69) is 43.4 Å². The summed E-state index contributed by atoms with van der Waals surface area (Å²) >= 11 is 1.68. The number of primary amides is 1. The molecular weight excluding hydrogens is 244 g/mol. The molecule has 1 unspecified atom stereocenters. The minimum atomic E-state index is -0.239. The van der Waals surface area contributed by atoms with E-state index in [9.17, 15) is 4.79 Å². The molecule has 3 nitrogen and oxygen atoms in total. The van der Waals surface area contributed by atoms with Crippen molar-refractivity contribution in [1.29, 1.82) is 0 Å². The van der Waals surface area contributed by atoms with E-state index >= 15 is 0 Å². The van der Waals surface area contributed by atoms with Gasteiger partial charge in [-0.1, -0.05) is 19.1 Å². The van der Waals surface area contributed by atoms with Crippen LogP contribution in [0.1, 0.15) is 38.3 Å². The molecule has 0 saturated heterocycles. The van der Waals surface area contributed by atoms with E-state index < -0.39 is 0 Å². The van der Waals surface area contributed by atoms with Crippen molar-refractivity contribution in [2.24, 2.45) is 5.73 Å². The van der Waals surface area contributed by atoms with Crippen molar-refractivity contribution in [1.82, 2.24) is 5.32 Å². The minimum Gasteiger partial charge on any atom is -0.370 e. The summed E-state index contributed by atoms with van der Waals surface area (Å²) in [7, 11) is 0. The Labute approximate surface area is 114 Å². The molecule has 0 aromatic heterocycles. The highest BCUT2D eigenvalue weighted by atomic mass is 32.2. The lowest BCUT2D eigenvalue weighted by molar-refractivity contribution is -0.117. The van der Waals surface area contributed by atoms with E-state index in [0.717, 1.165) is 18.7 Å². The van der Waals surface area contributed by atoms with Gasteiger partial charge in [0.25, 0.3) is 0 Å². The van der Waals surface area contributed by atoms with E-state index in [4.69, 9.17) is 5.73 Å². The first-order valence-electron chi connectivity index (χ1n) is 6.38. The summed E-state index contributed by atoms with van der Waals surface area (Å²) < 4.78 is 0. The van der Waals surface area contributed by atoms with E-state index in [1.807, 2.05) is 0 Å². The number of hydrogen-bond acceptors (Lipinski definition) is 3. The highest BCUT2D eigenvalue weighted by molar-refractivity contribution is 7.99. The summed E-state index contributed by atoms with van der Waals surface area (Å²) in [5.74, 6) is 0.506. The third-order valence-electron chi connectivity index (χ3n) is 2.68. The molecule has 1 aromatic rings. The predicted molar refractivity (Wildman–Crippen MR) is 77.7 cm³/mol. The van der Waals surface area contributed by atoms with Crippen LogP contribution in [-0.4, -0.2) is 18.2 Å². The summed E-state index contributed by atoms with van der Waals surface area (Å²) in [6.07, 6.45) is 1.57. The van der Waals surface area contributed by atoms with Crippen LogP contribution in [0.15, 0.2) is 29.2 Å². The van der Waals surface area contributed by atoms with Crippen LogP contribution in [-0.2, 0) is 4.79 Å². The molecule has 0 spiro atoms. The van der Waals surface area contributed by atoms with Crippen LogP contribution in [0.4, 0.5) is 0 Å². The van der Waals surface area contributed by atoms with Crippen LogP contribution < -0.4 is 11.1 Å². The van der Waals surface area contributed by atoms with Crippen LogP contribution in [0.3, 0.4) is 0 Å². The first-order chi connectivity index (χ1) is 8.63. The van der Waals surface area contributed by atoms with Crippen molar-refractivity contribution < 1.29 is 4.79 Å². The average Bonchev–Trinajstić information content (AvgIpc) is 2.36. The number of nitrogens with one attached hydrogen (secondary N) is 1. The maximum atomic E-state index is 10.7. The van der Waals surface area contributed by atoms with E-state index in [1.54, 1.807) is 11.8 Å². The smallest absolute Gasteiger partial charge is 0.218 e. The molecule has 1 amide bonds. The van der Waals surface area contributed by atoms with Gasteiger partial charge in [-0.05, 0) is 37.6 Å². The first-order valence-corrected chi connectivity index (χ1v) is 7.36. The SMILES string of the molecule is CCCNC(C)c1cccc(SCCC(N)=O)c1. The molecule has 100 valence electrons. The number of thioether (sulfide) groups is 1. The Morgan fingerprint density at radius 1 is 1.50 bits per heavy atom. The Kier molecular flexibility index (Phi) is 6.83. The second-order valence-corrected chi connectivity index (χ2v) is 5.48. The van der Waals surface area contributed by atoms with Crippen molar-refractivity contribution in [2.75, 3.05) is 12.3 Å². The first kappa shape index (κ1) is 15.1. The fourth-order valence-corrected chi connectivity index (χ4v) is 2.55. The van der Waals surface area contributed by atoms with Gasteiger partial charge in [-0.3, -0.25) is 4.79 Å². The number of hydrogen-bond donors (Lipinski definition) is 2. The third kappa shape index (κ3) is 5.56. The van der Waals surface area contributed by atoms with E-state index in [-0.39, 0.29) is 5.91 Å². The molecule has 1 rings (SSSR count). The highest BCUT2D eigenvalue weighted by Crippen LogP contribution is 2.22. The Bertz CT molecular complexity index is 382. The third-order valence-corrected chi connectivity index (χ3v) is 3.67. The number of nitrogens with two attached hydrogens (primary N) is 1. The zero-order chi connectivity index (χ0) is 13.4. The fourth-order valence-electron chi connectivity index (χ4n) is 1.62. The van der Waals surface area contributed by atoms with Crippen molar-refractivity contribution in [3.05, 3.63) is 29.8 Å². The van der Waals surface area contributed by atoms with Crippen molar-refractivity contribution in [2.45, 2.75) is 37.6 Å². The van der Waals surface area contributed by atoms with Gasteiger partial charge in [0.15, 0.2) is 0 Å². The van der Waals surface area contributed by atoms with Crippen molar-refractivity contribution in [3.8, 4) is 0 Å². The quantitative estimate of drug-likeness (QED) is 0.711. The molecule has 0 heterocycles. The lowest BCUT2D eigenvalue weighted by Gasteiger charge is -2.14. The van der Waals surface area contributed by atoms with Gasteiger partial charge >= 0.3 is 0 Å². The predicted octanol–water partition coefficient (Wildman–Crippen LogP) is 2.71. The van der Waals surface area contributed by atoms with Crippen molar-refractivity contribution in [3.63, 3.8) is 0 Å². The monoisotopic (exact) mass is 266 g/mol. The highest BCUT2D eigenvalue weighted by Gasteiger charge is 2.05. The fraction of sp³-hybridized carbons (Fsp3) is 0.500. The van der Waals surface area contributed by atoms with Crippen LogP contribution >= 0.6 is 11.8 Å². The largest absolute Gasteiger partial charge is 0.370 e. The van der Waals surface area contributed by atoms with Gasteiger partial charge in [0.05, 0.1) is 0 Å². The minimum absolute atomic E-state index is 0.239. The molecule has 1 atom stereocenters. The van der Waals surface area contributed by atoms with Crippen LogP contribution in [0.2, 0.25) is 0 Å². The molecule has 18 heavy (non-hydrogen) atoms. The molecule has 0 aliphatic carbocycles. The maximum Gasteiger partial charge on any atom is 0.218 e. The molecule has 0 aliphatic heterocycles. The molecule has 4 heteroatoms. The van der Waals surface area contributed by atoms with Crippen LogP contribution in [0, 0.1) is 0 Å². The Morgan fingerprint density at radius 3 is 2.94 bits per heavy atom. The number of amides is 1. The zero-order valence-corrected chi connectivity index (χ0v) is 11.9. The molecule has 1 aromatic carbocycles. The summed E-state index contributed by atoms with van der Waals surface area (Å²) in [4.78, 5) is 11.9. The summed E-state index contributed by atoms with van der Waals surface area (Å²) in [5, 5.41) is 3.47. The maximum absolute atomic E-state index is 10.7. The average molecular weight is 266 g/mol. The molecule has 0 saturated carbocycles. The second kappa shape index (κ2) is 8.16. The van der Waals surface area contributed by atoms with Gasteiger partial charge in [0.2, 0.25) is 5.91 Å². The van der Waals surface area contributed by atoms with Gasteiger partial charge in [0.1, 0.15) is 0 Å². The number of carbonyl (C=O) groups excluding carboxylic acids is 1. The normalized spacial score (nSPS) is 12.3. The van der Waals surface area contributed by atoms with E-state index in [0.29, 0.717) is 12.5 Å². The van der Waals surface area contributed by atoms with Gasteiger partial charge in [-0.15, -0.1) is 11.8 Å². The molecule has 3 N–H and O–H groups in total. The van der Waals surface area contributed by atoms with E-state index in [1.165, 1.54) is 10.5 Å². The zero-order valence-electron chi connectivity index (χ0n) is 11.1. The molecule has 0 aliphatic rings. The number of rotatable bonds is 8. The summed E-state index contributed by atoms with van der Waals surface area (Å²) in [6.45, 7) is 5.36. The van der Waals surface area contributed by atoms with Crippen molar-refractivity contribution >= 4 is 17.7 Å². The summed E-state index contributed by atoms with van der Waals surface area (Å²) in [6, 6.07) is 8.81. The lowest BCUT2D eigenvalue weighted by Crippen LogP contribution is -2.19. The second-order valence-electron chi connectivity index (χ2n) is 4.31. The molecule has 0 fully saturated rings. The molecule has 0 radical (unpaired) electrons.